The fourth-order valence-electron chi connectivity index (χ4n) is 5.12. The second-order valence-electron chi connectivity index (χ2n) is 10.2. The van der Waals surface area contributed by atoms with Crippen molar-refractivity contribution in [1.29, 1.82) is 0 Å². The minimum atomic E-state index is -0.828. The Labute approximate surface area is 247 Å². The van der Waals surface area contributed by atoms with Crippen LogP contribution in [0.15, 0.2) is 54.9 Å². The first-order valence-corrected chi connectivity index (χ1v) is 13.6. The second kappa shape index (κ2) is 11.1. The largest absolute Gasteiger partial charge is 0.494 e. The molecule has 0 saturated heterocycles. The van der Waals surface area contributed by atoms with Crippen molar-refractivity contribution >= 4 is 52.2 Å². The molecule has 1 atom stereocenters. The van der Waals surface area contributed by atoms with Crippen molar-refractivity contribution < 1.29 is 18.7 Å². The molecule has 11 heteroatoms. The highest BCUT2D eigenvalue weighted by Gasteiger charge is 2.39. The lowest BCUT2D eigenvalue weighted by Crippen LogP contribution is -2.20. The van der Waals surface area contributed by atoms with Crippen molar-refractivity contribution in [3.05, 3.63) is 93.1 Å². The summed E-state index contributed by atoms with van der Waals surface area (Å²) in [4.78, 5) is 33.8. The molecule has 1 aliphatic heterocycles. The van der Waals surface area contributed by atoms with E-state index in [4.69, 9.17) is 27.9 Å². The third-order valence-corrected chi connectivity index (χ3v) is 7.43. The van der Waals surface area contributed by atoms with E-state index in [1.807, 2.05) is 37.4 Å². The van der Waals surface area contributed by atoms with E-state index in [-0.39, 0.29) is 28.1 Å². The summed E-state index contributed by atoms with van der Waals surface area (Å²) in [6.07, 6.45) is 3.29. The summed E-state index contributed by atoms with van der Waals surface area (Å²) in [6.45, 7) is 3.94. The lowest BCUT2D eigenvalue weighted by atomic mass is 9.87. The van der Waals surface area contributed by atoms with Gasteiger partial charge in [-0.05, 0) is 41.8 Å². The number of carbonyl (C=O) groups is 2. The van der Waals surface area contributed by atoms with E-state index < -0.39 is 17.6 Å². The molecule has 41 heavy (non-hydrogen) atoms. The Morgan fingerprint density at radius 3 is 2.54 bits per heavy atom. The van der Waals surface area contributed by atoms with Crippen molar-refractivity contribution in [1.82, 2.24) is 9.55 Å². The number of ether oxygens (including phenoxy) is 1. The van der Waals surface area contributed by atoms with Gasteiger partial charge in [0.15, 0.2) is 0 Å². The lowest BCUT2D eigenvalue weighted by Gasteiger charge is -2.20. The zero-order valence-electron chi connectivity index (χ0n) is 23.1. The molecule has 0 aliphatic carbocycles. The van der Waals surface area contributed by atoms with Crippen LogP contribution in [0.1, 0.15) is 52.9 Å². The van der Waals surface area contributed by atoms with Gasteiger partial charge in [0.05, 0.1) is 30.5 Å². The molecule has 0 radical (unpaired) electrons. The Kier molecular flexibility index (Phi) is 7.68. The molecule has 3 heterocycles. The number of benzene rings is 2. The van der Waals surface area contributed by atoms with Crippen LogP contribution in [-0.2, 0) is 4.79 Å². The smallest absolute Gasteiger partial charge is 0.257 e. The van der Waals surface area contributed by atoms with Crippen LogP contribution in [0, 0.1) is 5.82 Å². The molecule has 2 amide bonds. The quantitative estimate of drug-likeness (QED) is 0.244. The Hall–Kier alpha value is -4.08. The van der Waals surface area contributed by atoms with E-state index >= 15 is 0 Å². The predicted molar refractivity (Wildman–Crippen MR) is 160 cm³/mol. The Morgan fingerprint density at radius 2 is 1.85 bits per heavy atom. The highest BCUT2D eigenvalue weighted by Crippen LogP contribution is 2.45. The molecule has 1 aliphatic rings. The summed E-state index contributed by atoms with van der Waals surface area (Å²) >= 11 is 12.3. The average Bonchev–Trinajstić information content (AvgIpc) is 3.46. The standard InChI is InChI=1S/C30H28Cl2FN5O3/c1-15(2)28-26(27-18-8-6-16(31)10-21(18)35-30(27)40)19(29(39)36-22-11-17(32)7-9-20(22)33)14-38(28)23-13-34-25(37(3)4)12-24(23)41-5/h6-15,27H,1-5H3,(H,35,40)(H,36,39). The van der Waals surface area contributed by atoms with E-state index in [2.05, 4.69) is 15.6 Å². The van der Waals surface area contributed by atoms with Gasteiger partial charge in [-0.3, -0.25) is 9.59 Å². The molecule has 4 aromatic rings. The molecule has 8 nitrogen and oxygen atoms in total. The first kappa shape index (κ1) is 28.4. The van der Waals surface area contributed by atoms with Crippen molar-refractivity contribution in [2.45, 2.75) is 25.7 Å². The maximum absolute atomic E-state index is 14.6. The lowest BCUT2D eigenvalue weighted by molar-refractivity contribution is -0.116. The van der Waals surface area contributed by atoms with E-state index in [1.165, 1.54) is 18.2 Å². The summed E-state index contributed by atoms with van der Waals surface area (Å²) in [6, 6.07) is 10.8. The minimum Gasteiger partial charge on any atom is -0.494 e. The molecule has 0 spiro atoms. The first-order chi connectivity index (χ1) is 19.5. The van der Waals surface area contributed by atoms with Gasteiger partial charge in [0, 0.05) is 53.3 Å². The monoisotopic (exact) mass is 595 g/mol. The third-order valence-electron chi connectivity index (χ3n) is 6.96. The number of hydrogen-bond donors (Lipinski definition) is 2. The molecule has 0 bridgehead atoms. The first-order valence-electron chi connectivity index (χ1n) is 12.8. The Bertz CT molecular complexity index is 1690. The van der Waals surface area contributed by atoms with Gasteiger partial charge in [0.1, 0.15) is 23.1 Å². The van der Waals surface area contributed by atoms with Gasteiger partial charge in [0.25, 0.3) is 5.91 Å². The fourth-order valence-corrected chi connectivity index (χ4v) is 5.47. The van der Waals surface area contributed by atoms with Crippen molar-refractivity contribution in [3.63, 3.8) is 0 Å². The maximum Gasteiger partial charge on any atom is 0.257 e. The number of nitrogens with zero attached hydrogens (tertiary/aromatic N) is 3. The van der Waals surface area contributed by atoms with Gasteiger partial charge >= 0.3 is 0 Å². The highest BCUT2D eigenvalue weighted by molar-refractivity contribution is 6.31. The number of anilines is 3. The molecule has 212 valence electrons. The predicted octanol–water partition coefficient (Wildman–Crippen LogP) is 6.85. The molecule has 2 N–H and O–H groups in total. The van der Waals surface area contributed by atoms with E-state index in [0.29, 0.717) is 44.8 Å². The van der Waals surface area contributed by atoms with Crippen LogP contribution in [0.5, 0.6) is 5.75 Å². The van der Waals surface area contributed by atoms with Crippen LogP contribution in [0.3, 0.4) is 0 Å². The fraction of sp³-hybridized carbons (Fsp3) is 0.233. The van der Waals surface area contributed by atoms with Crippen molar-refractivity contribution in [2.75, 3.05) is 36.7 Å². The second-order valence-corrected chi connectivity index (χ2v) is 11.1. The van der Waals surface area contributed by atoms with Crippen molar-refractivity contribution in [2.24, 2.45) is 0 Å². The van der Waals surface area contributed by atoms with Gasteiger partial charge in [-0.2, -0.15) is 0 Å². The van der Waals surface area contributed by atoms with Gasteiger partial charge in [-0.15, -0.1) is 0 Å². The number of pyridine rings is 1. The Balaban J connectivity index is 1.77. The number of amides is 2. The van der Waals surface area contributed by atoms with Crippen LogP contribution in [0.25, 0.3) is 5.69 Å². The summed E-state index contributed by atoms with van der Waals surface area (Å²) in [5.41, 5.74) is 3.11. The Morgan fingerprint density at radius 1 is 1.15 bits per heavy atom. The van der Waals surface area contributed by atoms with Gasteiger partial charge < -0.3 is 24.8 Å². The third kappa shape index (κ3) is 5.23. The van der Waals surface area contributed by atoms with Gasteiger partial charge in [-0.1, -0.05) is 43.1 Å². The van der Waals surface area contributed by atoms with Crippen LogP contribution in [0.4, 0.5) is 21.6 Å². The summed E-state index contributed by atoms with van der Waals surface area (Å²) in [5, 5.41) is 6.27. The zero-order chi connectivity index (χ0) is 29.6. The molecule has 0 fully saturated rings. The zero-order valence-corrected chi connectivity index (χ0v) is 24.6. The maximum atomic E-state index is 14.6. The number of carbonyl (C=O) groups excluding carboxylic acids is 2. The number of hydrogen-bond acceptors (Lipinski definition) is 5. The molecular weight excluding hydrogens is 568 g/mol. The van der Waals surface area contributed by atoms with Crippen LogP contribution in [-0.4, -0.2) is 42.6 Å². The molecular formula is C30H28Cl2FN5O3. The SMILES string of the molecule is COc1cc(N(C)C)ncc1-n1cc(C(=O)Nc2cc(Cl)ccc2F)c(C2C(=O)Nc3cc(Cl)ccc32)c1C(C)C. The highest BCUT2D eigenvalue weighted by atomic mass is 35.5. The number of halogens is 3. The summed E-state index contributed by atoms with van der Waals surface area (Å²) in [7, 11) is 5.29. The van der Waals surface area contributed by atoms with E-state index in [1.54, 1.807) is 43.8 Å². The van der Waals surface area contributed by atoms with Crippen molar-refractivity contribution in [3.8, 4) is 11.4 Å². The number of fused-ring (bicyclic) bond motifs is 1. The summed E-state index contributed by atoms with van der Waals surface area (Å²) < 4.78 is 22.2. The number of aromatic nitrogens is 2. The molecule has 2 aromatic heterocycles. The molecule has 2 aromatic carbocycles. The average molecular weight is 596 g/mol. The van der Waals surface area contributed by atoms with Gasteiger partial charge in [0.2, 0.25) is 5.91 Å². The molecule has 5 rings (SSSR count). The van der Waals surface area contributed by atoms with Gasteiger partial charge in [-0.25, -0.2) is 9.37 Å². The van der Waals surface area contributed by atoms with Crippen LogP contribution < -0.4 is 20.3 Å². The number of nitrogens with one attached hydrogen (secondary N) is 2. The number of methoxy groups -OCH3 is 1. The molecule has 1 unspecified atom stereocenters. The van der Waals surface area contributed by atoms with E-state index in [9.17, 15) is 14.0 Å². The van der Waals surface area contributed by atoms with E-state index in [0.717, 1.165) is 0 Å². The van der Waals surface area contributed by atoms with Crippen LogP contribution >= 0.6 is 23.2 Å². The number of rotatable bonds is 7. The molecule has 0 saturated carbocycles. The normalized spacial score (nSPS) is 14.2. The van der Waals surface area contributed by atoms with Crippen LogP contribution in [0.2, 0.25) is 10.0 Å². The minimum absolute atomic E-state index is 0.0788. The summed E-state index contributed by atoms with van der Waals surface area (Å²) in [5.74, 6) is -1.34. The topological polar surface area (TPSA) is 88.5 Å².